The van der Waals surface area contributed by atoms with Gasteiger partial charge in [-0.1, -0.05) is 6.07 Å². The van der Waals surface area contributed by atoms with E-state index in [1.165, 1.54) is 30.1 Å². The van der Waals surface area contributed by atoms with Crippen LogP contribution in [0, 0.1) is 15.9 Å². The first kappa shape index (κ1) is 13.9. The van der Waals surface area contributed by atoms with E-state index in [-0.39, 0.29) is 18.0 Å². The van der Waals surface area contributed by atoms with E-state index < -0.39 is 16.8 Å². The monoisotopic (exact) mass is 281 g/mol. The van der Waals surface area contributed by atoms with Crippen LogP contribution in [-0.4, -0.2) is 26.9 Å². The van der Waals surface area contributed by atoms with Gasteiger partial charge in [-0.3, -0.25) is 14.8 Å². The first-order chi connectivity index (χ1) is 9.51. The number of nitro groups is 1. The molecule has 1 atom stereocenters. The number of nitrogens with zero attached hydrogens (tertiary/aromatic N) is 3. The number of hydrogen-bond acceptors (Lipinski definition) is 5. The highest BCUT2D eigenvalue weighted by Gasteiger charge is 2.15. The number of methoxy groups -OCH3 is 1. The normalized spacial score (nSPS) is 12.2. The Kier molecular flexibility index (Phi) is 3.94. The number of aliphatic hydroxyl groups excluding tert-OH is 1. The molecule has 0 fully saturated rings. The Hall–Kier alpha value is -2.48. The van der Waals surface area contributed by atoms with Gasteiger partial charge >= 0.3 is 5.69 Å². The zero-order valence-electron chi connectivity index (χ0n) is 10.6. The molecule has 7 nitrogen and oxygen atoms in total. The SMILES string of the molecule is COc1ccc(C(O)Cn2cc([N+](=O)[O-])cn2)cc1F. The molecule has 0 spiro atoms. The van der Waals surface area contributed by atoms with Crippen LogP contribution in [0.25, 0.3) is 0 Å². The first-order valence-corrected chi connectivity index (χ1v) is 5.69. The maximum atomic E-state index is 13.5. The Morgan fingerprint density at radius 3 is 2.90 bits per heavy atom. The van der Waals surface area contributed by atoms with Crippen molar-refractivity contribution in [1.29, 1.82) is 0 Å². The van der Waals surface area contributed by atoms with Crippen molar-refractivity contribution >= 4 is 5.69 Å². The van der Waals surface area contributed by atoms with Crippen molar-refractivity contribution in [3.8, 4) is 5.75 Å². The fraction of sp³-hybridized carbons (Fsp3) is 0.250. The van der Waals surface area contributed by atoms with Crippen LogP contribution in [0.15, 0.2) is 30.6 Å². The van der Waals surface area contributed by atoms with Crippen LogP contribution in [0.3, 0.4) is 0 Å². The summed E-state index contributed by atoms with van der Waals surface area (Å²) in [6.07, 6.45) is 1.25. The average Bonchev–Trinajstić information content (AvgIpc) is 2.87. The minimum atomic E-state index is -1.03. The van der Waals surface area contributed by atoms with E-state index in [2.05, 4.69) is 5.10 Å². The van der Waals surface area contributed by atoms with Crippen LogP contribution in [0.5, 0.6) is 5.75 Å². The second kappa shape index (κ2) is 5.66. The van der Waals surface area contributed by atoms with Crippen molar-refractivity contribution < 1.29 is 19.2 Å². The van der Waals surface area contributed by atoms with Gasteiger partial charge in [0.1, 0.15) is 12.4 Å². The predicted octanol–water partition coefficient (Wildman–Crippen LogP) is 1.67. The van der Waals surface area contributed by atoms with Crippen LogP contribution in [-0.2, 0) is 6.54 Å². The third-order valence-electron chi connectivity index (χ3n) is 2.75. The Labute approximate surface area is 113 Å². The Bertz CT molecular complexity index is 629. The smallest absolute Gasteiger partial charge is 0.306 e. The van der Waals surface area contributed by atoms with Gasteiger partial charge in [-0.05, 0) is 17.7 Å². The molecule has 2 aromatic rings. The van der Waals surface area contributed by atoms with Gasteiger partial charge in [0.15, 0.2) is 11.6 Å². The van der Waals surface area contributed by atoms with Crippen molar-refractivity contribution in [3.05, 3.63) is 52.1 Å². The molecule has 20 heavy (non-hydrogen) atoms. The highest BCUT2D eigenvalue weighted by Crippen LogP contribution is 2.23. The lowest BCUT2D eigenvalue weighted by Crippen LogP contribution is -2.09. The van der Waals surface area contributed by atoms with Gasteiger partial charge in [0, 0.05) is 0 Å². The minimum absolute atomic E-state index is 0.0143. The molecule has 1 N–H and O–H groups in total. The van der Waals surface area contributed by atoms with E-state index in [1.54, 1.807) is 0 Å². The van der Waals surface area contributed by atoms with E-state index in [1.807, 2.05) is 0 Å². The average molecular weight is 281 g/mol. The summed E-state index contributed by atoms with van der Waals surface area (Å²) in [5.41, 5.74) is 0.166. The topological polar surface area (TPSA) is 90.4 Å². The molecule has 8 heteroatoms. The molecule has 0 radical (unpaired) electrons. The maximum Gasteiger partial charge on any atom is 0.306 e. The van der Waals surface area contributed by atoms with Gasteiger partial charge < -0.3 is 9.84 Å². The van der Waals surface area contributed by atoms with Crippen molar-refractivity contribution in [1.82, 2.24) is 9.78 Å². The first-order valence-electron chi connectivity index (χ1n) is 5.69. The zero-order valence-corrected chi connectivity index (χ0v) is 10.6. The third kappa shape index (κ3) is 2.91. The molecule has 2 rings (SSSR count). The summed E-state index contributed by atoms with van der Waals surface area (Å²) in [5, 5.41) is 24.2. The quantitative estimate of drug-likeness (QED) is 0.665. The second-order valence-electron chi connectivity index (χ2n) is 4.09. The lowest BCUT2D eigenvalue weighted by molar-refractivity contribution is -0.385. The number of aliphatic hydroxyl groups is 1. The zero-order chi connectivity index (χ0) is 14.7. The van der Waals surface area contributed by atoms with Gasteiger partial charge in [-0.2, -0.15) is 5.10 Å². The number of hydrogen-bond donors (Lipinski definition) is 1. The Morgan fingerprint density at radius 2 is 2.35 bits per heavy atom. The largest absolute Gasteiger partial charge is 0.494 e. The van der Waals surface area contributed by atoms with E-state index >= 15 is 0 Å². The summed E-state index contributed by atoms with van der Waals surface area (Å²) in [4.78, 5) is 9.93. The number of benzene rings is 1. The van der Waals surface area contributed by atoms with Crippen LogP contribution < -0.4 is 4.74 Å². The molecule has 1 aromatic carbocycles. The highest BCUT2D eigenvalue weighted by molar-refractivity contribution is 5.30. The minimum Gasteiger partial charge on any atom is -0.494 e. The highest BCUT2D eigenvalue weighted by atomic mass is 19.1. The van der Waals surface area contributed by atoms with Crippen molar-refractivity contribution in [3.63, 3.8) is 0 Å². The maximum absolute atomic E-state index is 13.5. The molecule has 0 saturated heterocycles. The molecule has 0 amide bonds. The van der Waals surface area contributed by atoms with Crippen LogP contribution in [0.1, 0.15) is 11.7 Å². The van der Waals surface area contributed by atoms with E-state index in [0.29, 0.717) is 5.56 Å². The summed E-state index contributed by atoms with van der Waals surface area (Å²) >= 11 is 0. The molecule has 0 aliphatic carbocycles. The number of ether oxygens (including phenoxy) is 1. The summed E-state index contributed by atoms with van der Waals surface area (Å²) in [6.45, 7) is -0.0143. The molecule has 0 aliphatic rings. The lowest BCUT2D eigenvalue weighted by Gasteiger charge is -2.12. The predicted molar refractivity (Wildman–Crippen MR) is 66.8 cm³/mol. The summed E-state index contributed by atoms with van der Waals surface area (Å²) in [6, 6.07) is 4.07. The van der Waals surface area contributed by atoms with Crippen molar-refractivity contribution in [2.24, 2.45) is 0 Å². The summed E-state index contributed by atoms with van der Waals surface area (Å²) in [7, 11) is 1.34. The molecule has 1 heterocycles. The molecular weight excluding hydrogens is 269 g/mol. The van der Waals surface area contributed by atoms with Gasteiger partial charge in [0.25, 0.3) is 0 Å². The molecule has 1 unspecified atom stereocenters. The third-order valence-corrected chi connectivity index (χ3v) is 2.75. The van der Waals surface area contributed by atoms with Crippen LogP contribution >= 0.6 is 0 Å². The van der Waals surface area contributed by atoms with Crippen LogP contribution in [0.2, 0.25) is 0 Å². The number of halogens is 1. The molecule has 1 aromatic heterocycles. The van der Waals surface area contributed by atoms with Gasteiger partial charge in [0.05, 0.1) is 24.7 Å². The number of aromatic nitrogens is 2. The Balaban J connectivity index is 2.12. The van der Waals surface area contributed by atoms with E-state index in [4.69, 9.17) is 4.74 Å². The summed E-state index contributed by atoms with van der Waals surface area (Å²) < 4.78 is 19.5. The van der Waals surface area contributed by atoms with Crippen molar-refractivity contribution in [2.45, 2.75) is 12.6 Å². The van der Waals surface area contributed by atoms with Crippen molar-refractivity contribution in [2.75, 3.05) is 7.11 Å². The molecule has 106 valence electrons. The Morgan fingerprint density at radius 1 is 1.60 bits per heavy atom. The number of rotatable bonds is 5. The fourth-order valence-electron chi connectivity index (χ4n) is 1.72. The molecular formula is C12H12FN3O4. The second-order valence-corrected chi connectivity index (χ2v) is 4.09. The van der Waals surface area contributed by atoms with Crippen LogP contribution in [0.4, 0.5) is 10.1 Å². The van der Waals surface area contributed by atoms with Gasteiger partial charge in [0.2, 0.25) is 0 Å². The van der Waals surface area contributed by atoms with E-state index in [0.717, 1.165) is 12.3 Å². The van der Waals surface area contributed by atoms with Gasteiger partial charge in [-0.15, -0.1) is 0 Å². The van der Waals surface area contributed by atoms with Gasteiger partial charge in [-0.25, -0.2) is 4.39 Å². The standard InChI is InChI=1S/C12H12FN3O4/c1-20-12-3-2-8(4-10(12)13)11(17)7-15-6-9(5-14-15)16(18)19/h2-6,11,17H,7H2,1H3. The van der Waals surface area contributed by atoms with E-state index in [9.17, 15) is 19.6 Å². The lowest BCUT2D eigenvalue weighted by atomic mass is 10.1. The molecule has 0 bridgehead atoms. The molecule has 0 aliphatic heterocycles. The fourth-order valence-corrected chi connectivity index (χ4v) is 1.72. The molecule has 0 saturated carbocycles. The summed E-state index contributed by atoms with van der Waals surface area (Å²) in [5.74, 6) is -0.508.